The second kappa shape index (κ2) is 9.28. The van der Waals surface area contributed by atoms with Crippen molar-refractivity contribution in [2.24, 2.45) is 0 Å². The molecule has 1 aliphatic heterocycles. The number of carbonyl (C=O) groups excluding carboxylic acids is 1. The van der Waals surface area contributed by atoms with E-state index < -0.39 is 10.0 Å². The van der Waals surface area contributed by atoms with Crippen molar-refractivity contribution in [1.29, 1.82) is 0 Å². The van der Waals surface area contributed by atoms with Crippen LogP contribution < -0.4 is 14.4 Å². The number of carbonyl (C=O) groups is 1. The fourth-order valence-corrected chi connectivity index (χ4v) is 4.55. The van der Waals surface area contributed by atoms with Crippen LogP contribution in [-0.4, -0.2) is 47.2 Å². The maximum atomic E-state index is 13.3. The van der Waals surface area contributed by atoms with Gasteiger partial charge in [-0.3, -0.25) is 9.10 Å². The van der Waals surface area contributed by atoms with Crippen LogP contribution in [0.25, 0.3) is 0 Å². The highest BCUT2D eigenvalue weighted by Gasteiger charge is 2.28. The van der Waals surface area contributed by atoms with E-state index in [1.165, 1.54) is 7.11 Å². The molecule has 29 heavy (non-hydrogen) atoms. The maximum Gasteiger partial charge on any atom is 0.264 e. The Morgan fingerprint density at radius 1 is 1.24 bits per heavy atom. The van der Waals surface area contributed by atoms with Crippen LogP contribution in [0.3, 0.4) is 0 Å². The van der Waals surface area contributed by atoms with Gasteiger partial charge in [-0.2, -0.15) is 0 Å². The fraction of sp³-hybridized carbons (Fsp3) is 0.381. The first-order valence-electron chi connectivity index (χ1n) is 9.52. The third-order valence-electron chi connectivity index (χ3n) is 4.79. The molecule has 1 amide bonds. The number of benzene rings is 2. The summed E-state index contributed by atoms with van der Waals surface area (Å²) in [5.74, 6) is 0.116. The summed E-state index contributed by atoms with van der Waals surface area (Å²) in [7, 11) is -2.44. The van der Waals surface area contributed by atoms with Gasteiger partial charge in [0.1, 0.15) is 12.3 Å². The topological polar surface area (TPSA) is 84.9 Å². The third kappa shape index (κ3) is 5.27. The predicted octanol–water partition coefficient (Wildman–Crippen LogP) is 2.49. The highest BCUT2D eigenvalue weighted by Crippen LogP contribution is 2.27. The molecule has 1 heterocycles. The lowest BCUT2D eigenvalue weighted by Crippen LogP contribution is -2.42. The number of amides is 1. The first kappa shape index (κ1) is 21.1. The van der Waals surface area contributed by atoms with Gasteiger partial charge in [0.15, 0.2) is 0 Å². The molecule has 3 rings (SSSR count). The van der Waals surface area contributed by atoms with Crippen molar-refractivity contribution in [3.05, 3.63) is 54.1 Å². The zero-order chi connectivity index (χ0) is 20.9. The minimum atomic E-state index is -3.94. The molecule has 0 radical (unpaired) electrons. The molecule has 2 aromatic rings. The molecule has 0 spiro atoms. The van der Waals surface area contributed by atoms with Crippen molar-refractivity contribution in [1.82, 2.24) is 5.32 Å². The summed E-state index contributed by atoms with van der Waals surface area (Å²) in [5.41, 5.74) is 1.31. The van der Waals surface area contributed by atoms with E-state index in [-0.39, 0.29) is 23.5 Å². The summed E-state index contributed by atoms with van der Waals surface area (Å²) in [4.78, 5) is 12.7. The second-order valence-electron chi connectivity index (χ2n) is 6.97. The van der Waals surface area contributed by atoms with Crippen LogP contribution in [0.15, 0.2) is 53.4 Å². The molecule has 156 valence electrons. The highest BCUT2D eigenvalue weighted by atomic mass is 32.2. The fourth-order valence-electron chi connectivity index (χ4n) is 3.14. The molecule has 7 nitrogen and oxygen atoms in total. The minimum Gasteiger partial charge on any atom is -0.497 e. The smallest absolute Gasteiger partial charge is 0.264 e. The van der Waals surface area contributed by atoms with Crippen LogP contribution >= 0.6 is 0 Å². The van der Waals surface area contributed by atoms with Gasteiger partial charge in [-0.15, -0.1) is 0 Å². The van der Waals surface area contributed by atoms with E-state index in [4.69, 9.17) is 9.47 Å². The number of rotatable bonds is 8. The van der Waals surface area contributed by atoms with Crippen molar-refractivity contribution in [3.8, 4) is 5.75 Å². The van der Waals surface area contributed by atoms with Crippen LogP contribution in [0.1, 0.15) is 18.4 Å². The Hall–Kier alpha value is -2.58. The molecule has 8 heteroatoms. The Kier molecular flexibility index (Phi) is 6.76. The van der Waals surface area contributed by atoms with Crippen LogP contribution in [0, 0.1) is 6.92 Å². The molecular weight excluding hydrogens is 392 g/mol. The van der Waals surface area contributed by atoms with E-state index in [1.54, 1.807) is 48.5 Å². The average molecular weight is 419 g/mol. The van der Waals surface area contributed by atoms with E-state index in [0.29, 0.717) is 24.6 Å². The van der Waals surface area contributed by atoms with E-state index in [9.17, 15) is 13.2 Å². The van der Waals surface area contributed by atoms with Gasteiger partial charge in [0.25, 0.3) is 10.0 Å². The second-order valence-corrected chi connectivity index (χ2v) is 8.83. The number of hydrogen-bond donors (Lipinski definition) is 1. The standard InChI is InChI=1S/C21H26N2O5S/c1-16-8-10-20(11-9-16)29(25,26)23(17-5-3-6-18(13-17)27-2)15-21(24)22-14-19-7-4-12-28-19/h3,5-6,8-11,13,19H,4,7,12,14-15H2,1-2H3,(H,22,24)/t19-/m0/s1. The summed E-state index contributed by atoms with van der Waals surface area (Å²) < 4.78 is 38.5. The molecule has 1 N–H and O–H groups in total. The normalized spacial score (nSPS) is 16.4. The highest BCUT2D eigenvalue weighted by molar-refractivity contribution is 7.92. The summed E-state index contributed by atoms with van der Waals surface area (Å²) in [5, 5.41) is 2.78. The van der Waals surface area contributed by atoms with Gasteiger partial charge >= 0.3 is 0 Å². The minimum absolute atomic E-state index is 0.0158. The van der Waals surface area contributed by atoms with E-state index in [1.807, 2.05) is 6.92 Å². The van der Waals surface area contributed by atoms with Crippen molar-refractivity contribution in [2.45, 2.75) is 30.8 Å². The van der Waals surface area contributed by atoms with Crippen LogP contribution in [0.2, 0.25) is 0 Å². The van der Waals surface area contributed by atoms with Gasteiger partial charge in [-0.1, -0.05) is 23.8 Å². The van der Waals surface area contributed by atoms with Crippen LogP contribution in [0.4, 0.5) is 5.69 Å². The van der Waals surface area contributed by atoms with Gasteiger partial charge in [0.2, 0.25) is 5.91 Å². The number of hydrogen-bond acceptors (Lipinski definition) is 5. The molecule has 0 aliphatic carbocycles. The number of ether oxygens (including phenoxy) is 2. The number of anilines is 1. The molecule has 0 saturated carbocycles. The van der Waals surface area contributed by atoms with Gasteiger partial charge in [0, 0.05) is 19.2 Å². The summed E-state index contributed by atoms with van der Waals surface area (Å²) in [6, 6.07) is 13.2. The predicted molar refractivity (Wildman–Crippen MR) is 111 cm³/mol. The van der Waals surface area contributed by atoms with Crippen molar-refractivity contribution < 1.29 is 22.7 Å². The number of methoxy groups -OCH3 is 1. The zero-order valence-electron chi connectivity index (χ0n) is 16.6. The summed E-state index contributed by atoms with van der Waals surface area (Å²) >= 11 is 0. The zero-order valence-corrected chi connectivity index (χ0v) is 17.4. The molecule has 0 unspecified atom stereocenters. The Labute approximate surface area is 171 Å². The molecule has 1 saturated heterocycles. The van der Waals surface area contributed by atoms with Crippen molar-refractivity contribution >= 4 is 21.6 Å². The van der Waals surface area contributed by atoms with Gasteiger partial charge in [-0.05, 0) is 44.0 Å². The Balaban J connectivity index is 1.86. The van der Waals surface area contributed by atoms with Gasteiger partial charge in [0.05, 0.1) is 23.8 Å². The maximum absolute atomic E-state index is 13.3. The molecule has 1 fully saturated rings. The number of aryl methyl sites for hydroxylation is 1. The SMILES string of the molecule is COc1cccc(N(CC(=O)NC[C@@H]2CCCO2)S(=O)(=O)c2ccc(C)cc2)c1. The summed E-state index contributed by atoms with van der Waals surface area (Å²) in [6.45, 7) is 2.61. The van der Waals surface area contributed by atoms with Gasteiger partial charge in [-0.25, -0.2) is 8.42 Å². The molecular formula is C21H26N2O5S. The Bertz CT molecular complexity index is 938. The lowest BCUT2D eigenvalue weighted by Gasteiger charge is -2.25. The number of nitrogens with zero attached hydrogens (tertiary/aromatic N) is 1. The quantitative estimate of drug-likeness (QED) is 0.712. The number of nitrogens with one attached hydrogen (secondary N) is 1. The van der Waals surface area contributed by atoms with Crippen LogP contribution in [0.5, 0.6) is 5.75 Å². The average Bonchev–Trinajstić information content (AvgIpc) is 3.24. The number of sulfonamides is 1. The molecule has 1 atom stereocenters. The first-order chi connectivity index (χ1) is 13.9. The van der Waals surface area contributed by atoms with Crippen molar-refractivity contribution in [2.75, 3.05) is 31.1 Å². The molecule has 1 aliphatic rings. The largest absolute Gasteiger partial charge is 0.497 e. The Morgan fingerprint density at radius 2 is 2.00 bits per heavy atom. The third-order valence-corrected chi connectivity index (χ3v) is 6.58. The lowest BCUT2D eigenvalue weighted by molar-refractivity contribution is -0.120. The van der Waals surface area contributed by atoms with Crippen molar-refractivity contribution in [3.63, 3.8) is 0 Å². The summed E-state index contributed by atoms with van der Waals surface area (Å²) in [6.07, 6.45) is 1.85. The molecule has 0 bridgehead atoms. The Morgan fingerprint density at radius 3 is 2.66 bits per heavy atom. The first-order valence-corrected chi connectivity index (χ1v) is 11.0. The van der Waals surface area contributed by atoms with Crippen LogP contribution in [-0.2, 0) is 19.6 Å². The monoisotopic (exact) mass is 418 g/mol. The van der Waals surface area contributed by atoms with E-state index in [0.717, 1.165) is 22.7 Å². The van der Waals surface area contributed by atoms with E-state index in [2.05, 4.69) is 5.32 Å². The lowest BCUT2D eigenvalue weighted by atomic mass is 10.2. The van der Waals surface area contributed by atoms with Gasteiger partial charge < -0.3 is 14.8 Å². The molecule has 2 aromatic carbocycles. The molecule has 0 aromatic heterocycles. The van der Waals surface area contributed by atoms with E-state index >= 15 is 0 Å².